The number of rotatable bonds is 7. The number of aliphatic carboxylic acids is 1. The molecule has 0 spiro atoms. The van der Waals surface area contributed by atoms with Crippen molar-refractivity contribution in [3.05, 3.63) is 44.9 Å². The Balaban J connectivity index is 1.64. The molecule has 0 radical (unpaired) electrons. The highest BCUT2D eigenvalue weighted by Crippen LogP contribution is 2.39. The molecule has 1 fully saturated rings. The van der Waals surface area contributed by atoms with E-state index in [0.717, 1.165) is 36.1 Å². The number of aromatic carboxylic acids is 1. The monoisotopic (exact) mass is 476 g/mol. The van der Waals surface area contributed by atoms with E-state index in [0.29, 0.717) is 31.9 Å². The average molecular weight is 477 g/mol. The van der Waals surface area contributed by atoms with Crippen molar-refractivity contribution in [3.8, 4) is 5.00 Å². The first-order valence-electron chi connectivity index (χ1n) is 9.89. The molecular formula is C21H20N2O5S3. The lowest BCUT2D eigenvalue weighted by Gasteiger charge is -2.13. The minimum absolute atomic E-state index is 0.0278. The number of fused-ring (bicyclic) bond motifs is 1. The van der Waals surface area contributed by atoms with Crippen LogP contribution in [0.2, 0.25) is 0 Å². The molecule has 2 aromatic rings. The Morgan fingerprint density at radius 3 is 2.74 bits per heavy atom. The molecule has 1 saturated heterocycles. The first-order valence-corrected chi connectivity index (χ1v) is 11.9. The van der Waals surface area contributed by atoms with Crippen LogP contribution in [0.4, 0.5) is 0 Å². The van der Waals surface area contributed by atoms with Crippen LogP contribution in [-0.2, 0) is 22.4 Å². The molecule has 1 aliphatic carbocycles. The van der Waals surface area contributed by atoms with E-state index >= 15 is 0 Å². The number of hydrogen-bond acceptors (Lipinski definition) is 6. The van der Waals surface area contributed by atoms with E-state index in [9.17, 15) is 19.5 Å². The van der Waals surface area contributed by atoms with Gasteiger partial charge in [0.15, 0.2) is 0 Å². The van der Waals surface area contributed by atoms with E-state index in [2.05, 4.69) is 0 Å². The van der Waals surface area contributed by atoms with Gasteiger partial charge >= 0.3 is 11.9 Å². The van der Waals surface area contributed by atoms with Crippen LogP contribution in [-0.4, -0.2) is 48.4 Å². The van der Waals surface area contributed by atoms with Crippen molar-refractivity contribution in [1.82, 2.24) is 9.47 Å². The van der Waals surface area contributed by atoms with Gasteiger partial charge in [0, 0.05) is 29.7 Å². The van der Waals surface area contributed by atoms with Crippen molar-refractivity contribution in [2.75, 3.05) is 6.54 Å². The standard InChI is InChI=1S/C21H20N2O5S3/c24-16(25)8-4-10-23-18(26)15(31-21(23)29)11-12-5-3-9-22(12)19-17(20(27)28)13-6-1-2-7-14(13)30-19/h3,5,9,11H,1-2,4,6-8,10H2,(H,24,25)(H,27,28). The molecule has 1 amide bonds. The quantitative estimate of drug-likeness (QED) is 0.457. The van der Waals surface area contributed by atoms with E-state index in [4.69, 9.17) is 17.3 Å². The van der Waals surface area contributed by atoms with Crippen molar-refractivity contribution >= 4 is 63.6 Å². The molecule has 162 valence electrons. The number of hydrogen-bond donors (Lipinski definition) is 2. The third kappa shape index (κ3) is 4.32. The van der Waals surface area contributed by atoms with Crippen LogP contribution in [0.3, 0.4) is 0 Å². The number of carbonyl (C=O) groups is 3. The first-order chi connectivity index (χ1) is 14.9. The Morgan fingerprint density at radius 2 is 2.00 bits per heavy atom. The van der Waals surface area contributed by atoms with Gasteiger partial charge < -0.3 is 14.8 Å². The highest BCUT2D eigenvalue weighted by Gasteiger charge is 2.32. The SMILES string of the molecule is O=C(O)CCCN1C(=O)C(=Cc2cccn2-c2sc3c(c2C(=O)O)CCCC3)SC1=S. The third-order valence-electron chi connectivity index (χ3n) is 5.29. The van der Waals surface area contributed by atoms with Crippen LogP contribution in [0.5, 0.6) is 0 Å². The smallest absolute Gasteiger partial charge is 0.339 e. The molecule has 4 rings (SSSR count). The number of aromatic nitrogens is 1. The lowest BCUT2D eigenvalue weighted by atomic mass is 9.95. The molecular weight excluding hydrogens is 456 g/mol. The number of amides is 1. The fraction of sp³-hybridized carbons (Fsp3) is 0.333. The van der Waals surface area contributed by atoms with Crippen molar-refractivity contribution in [2.45, 2.75) is 38.5 Å². The number of thiocarbonyl (C=S) groups is 1. The molecule has 0 saturated carbocycles. The summed E-state index contributed by atoms with van der Waals surface area (Å²) in [5.41, 5.74) is 1.99. The highest BCUT2D eigenvalue weighted by atomic mass is 32.2. The second-order valence-corrected chi connectivity index (χ2v) is 10.1. The van der Waals surface area contributed by atoms with E-state index < -0.39 is 11.9 Å². The van der Waals surface area contributed by atoms with E-state index in [1.54, 1.807) is 6.08 Å². The first kappa shape index (κ1) is 21.8. The van der Waals surface area contributed by atoms with Gasteiger partial charge in [-0.05, 0) is 55.9 Å². The number of carbonyl (C=O) groups excluding carboxylic acids is 1. The Hall–Kier alpha value is -2.43. The van der Waals surface area contributed by atoms with Crippen LogP contribution in [0.1, 0.15) is 52.2 Å². The predicted molar refractivity (Wildman–Crippen MR) is 124 cm³/mol. The summed E-state index contributed by atoms with van der Waals surface area (Å²) in [6.07, 6.45) is 7.56. The second-order valence-electron chi connectivity index (χ2n) is 7.33. The fourth-order valence-corrected chi connectivity index (χ4v) is 6.53. The highest BCUT2D eigenvalue weighted by molar-refractivity contribution is 8.26. The minimum Gasteiger partial charge on any atom is -0.481 e. The number of carboxylic acid groups (broad SMARTS) is 2. The van der Waals surface area contributed by atoms with Crippen molar-refractivity contribution in [2.24, 2.45) is 0 Å². The van der Waals surface area contributed by atoms with Crippen molar-refractivity contribution < 1.29 is 24.6 Å². The zero-order chi connectivity index (χ0) is 22.1. The van der Waals surface area contributed by atoms with Gasteiger partial charge in [-0.25, -0.2) is 4.79 Å². The lowest BCUT2D eigenvalue weighted by molar-refractivity contribution is -0.137. The molecule has 31 heavy (non-hydrogen) atoms. The van der Waals surface area contributed by atoms with Crippen LogP contribution in [0, 0.1) is 0 Å². The molecule has 2 aliphatic rings. The van der Waals surface area contributed by atoms with Crippen molar-refractivity contribution in [3.63, 3.8) is 0 Å². The predicted octanol–water partition coefficient (Wildman–Crippen LogP) is 4.18. The molecule has 0 atom stereocenters. The molecule has 2 N–H and O–H groups in total. The summed E-state index contributed by atoms with van der Waals surface area (Å²) in [6, 6.07) is 3.66. The minimum atomic E-state index is -0.932. The normalized spacial score (nSPS) is 17.4. The van der Waals surface area contributed by atoms with Crippen LogP contribution in [0.25, 0.3) is 11.1 Å². The largest absolute Gasteiger partial charge is 0.481 e. The Labute approximate surface area is 192 Å². The van der Waals surface area contributed by atoms with Crippen LogP contribution in [0.15, 0.2) is 23.2 Å². The average Bonchev–Trinajstić information content (AvgIpc) is 3.39. The Bertz CT molecular complexity index is 1110. The molecule has 3 heterocycles. The maximum Gasteiger partial charge on any atom is 0.339 e. The Morgan fingerprint density at radius 1 is 1.23 bits per heavy atom. The molecule has 2 aromatic heterocycles. The van der Waals surface area contributed by atoms with Crippen LogP contribution >= 0.6 is 35.3 Å². The fourth-order valence-electron chi connectivity index (χ4n) is 3.85. The van der Waals surface area contributed by atoms with E-state index in [1.165, 1.54) is 28.0 Å². The topological polar surface area (TPSA) is 99.8 Å². The summed E-state index contributed by atoms with van der Waals surface area (Å²) in [5, 5.41) is 19.3. The molecule has 10 heteroatoms. The summed E-state index contributed by atoms with van der Waals surface area (Å²) < 4.78 is 2.22. The summed E-state index contributed by atoms with van der Waals surface area (Å²) in [4.78, 5) is 38.6. The summed E-state index contributed by atoms with van der Waals surface area (Å²) in [6.45, 7) is 0.260. The van der Waals surface area contributed by atoms with Crippen molar-refractivity contribution in [1.29, 1.82) is 0 Å². The molecule has 1 aliphatic heterocycles. The summed E-state index contributed by atoms with van der Waals surface area (Å²) in [5.74, 6) is -2.09. The van der Waals surface area contributed by atoms with E-state index in [1.807, 2.05) is 22.9 Å². The van der Waals surface area contributed by atoms with E-state index in [-0.39, 0.29) is 18.9 Å². The van der Waals surface area contributed by atoms with Gasteiger partial charge in [0.1, 0.15) is 9.32 Å². The van der Waals surface area contributed by atoms with Gasteiger partial charge in [-0.1, -0.05) is 24.0 Å². The maximum absolute atomic E-state index is 12.8. The van der Waals surface area contributed by atoms with Gasteiger partial charge in [-0.2, -0.15) is 0 Å². The van der Waals surface area contributed by atoms with Crippen LogP contribution < -0.4 is 0 Å². The summed E-state index contributed by atoms with van der Waals surface area (Å²) >= 11 is 7.99. The maximum atomic E-state index is 12.8. The number of carboxylic acids is 2. The van der Waals surface area contributed by atoms with Gasteiger partial charge in [0.25, 0.3) is 5.91 Å². The van der Waals surface area contributed by atoms with Gasteiger partial charge in [0.2, 0.25) is 0 Å². The molecule has 0 unspecified atom stereocenters. The number of thiophene rings is 1. The number of aryl methyl sites for hydroxylation is 1. The molecule has 7 nitrogen and oxygen atoms in total. The van der Waals surface area contributed by atoms with Gasteiger partial charge in [-0.3, -0.25) is 14.5 Å². The second kappa shape index (κ2) is 8.97. The molecule has 0 aromatic carbocycles. The molecule has 0 bridgehead atoms. The lowest BCUT2D eigenvalue weighted by Crippen LogP contribution is -2.29. The Kier molecular flexibility index (Phi) is 6.31. The summed E-state index contributed by atoms with van der Waals surface area (Å²) in [7, 11) is 0. The van der Waals surface area contributed by atoms with Gasteiger partial charge in [-0.15, -0.1) is 11.3 Å². The zero-order valence-electron chi connectivity index (χ0n) is 16.5. The number of thioether (sulfide) groups is 1. The zero-order valence-corrected chi connectivity index (χ0v) is 18.9. The van der Waals surface area contributed by atoms with Gasteiger partial charge in [0.05, 0.1) is 10.5 Å². The number of nitrogens with zero attached hydrogens (tertiary/aromatic N) is 2. The third-order valence-corrected chi connectivity index (χ3v) is 7.96.